The number of nitrogens with zero attached hydrogens (tertiary/aromatic N) is 1. The molecule has 0 fully saturated rings. The molecular weight excluding hydrogens is 370 g/mol. The van der Waals surface area contributed by atoms with Crippen molar-refractivity contribution in [2.24, 2.45) is 0 Å². The van der Waals surface area contributed by atoms with E-state index in [9.17, 15) is 13.6 Å². The average molecular weight is 388 g/mol. The molecule has 0 aliphatic rings. The van der Waals surface area contributed by atoms with E-state index in [1.807, 2.05) is 0 Å². The highest BCUT2D eigenvalue weighted by molar-refractivity contribution is 5.92. The number of hydrogen-bond acceptors (Lipinski definition) is 5. The number of nitrogens with one attached hydrogen (secondary N) is 1. The molecule has 6 nitrogen and oxygen atoms in total. The van der Waals surface area contributed by atoms with Crippen LogP contribution in [-0.2, 0) is 13.2 Å². The molecule has 3 rings (SSSR count). The number of aryl methyl sites for hydroxylation is 1. The number of methoxy groups -OCH3 is 1. The van der Waals surface area contributed by atoms with Crippen molar-refractivity contribution in [1.82, 2.24) is 10.5 Å². The van der Waals surface area contributed by atoms with Crippen molar-refractivity contribution in [1.29, 1.82) is 0 Å². The molecule has 0 unspecified atom stereocenters. The third-order valence-corrected chi connectivity index (χ3v) is 4.01. The molecule has 0 aliphatic heterocycles. The number of hydrogen-bond donors (Lipinski definition) is 1. The SMILES string of the molecule is COc1cccc(OCc2cc(C(=O)NCc3ccc(C)c(F)c3F)no2)c1. The molecular formula is C20H18F2N2O4. The maximum atomic E-state index is 13.8. The van der Waals surface area contributed by atoms with Crippen LogP contribution in [0.15, 0.2) is 47.0 Å². The molecule has 0 radical (unpaired) electrons. The molecule has 0 aliphatic carbocycles. The van der Waals surface area contributed by atoms with Crippen molar-refractivity contribution < 1.29 is 27.6 Å². The highest BCUT2D eigenvalue weighted by Crippen LogP contribution is 2.20. The summed E-state index contributed by atoms with van der Waals surface area (Å²) < 4.78 is 43.2. The summed E-state index contributed by atoms with van der Waals surface area (Å²) in [5.41, 5.74) is 0.253. The van der Waals surface area contributed by atoms with E-state index >= 15 is 0 Å². The van der Waals surface area contributed by atoms with E-state index in [2.05, 4.69) is 10.5 Å². The fourth-order valence-corrected chi connectivity index (χ4v) is 2.42. The first-order valence-corrected chi connectivity index (χ1v) is 8.42. The maximum absolute atomic E-state index is 13.8. The summed E-state index contributed by atoms with van der Waals surface area (Å²) in [4.78, 5) is 12.1. The van der Waals surface area contributed by atoms with Crippen LogP contribution in [0.1, 0.15) is 27.4 Å². The number of ether oxygens (including phenoxy) is 2. The average Bonchev–Trinajstić information content (AvgIpc) is 3.19. The molecule has 0 atom stereocenters. The Morgan fingerprint density at radius 2 is 1.93 bits per heavy atom. The molecule has 1 amide bonds. The standard InChI is InChI=1S/C20H18F2N2O4/c1-12-6-7-13(19(22)18(12)21)10-23-20(25)17-9-16(28-24-17)11-27-15-5-3-4-14(8-15)26-2/h3-9H,10-11H2,1-2H3,(H,23,25). The molecule has 8 heteroatoms. The number of carbonyl (C=O) groups is 1. The minimum atomic E-state index is -0.979. The predicted molar refractivity (Wildman–Crippen MR) is 96.1 cm³/mol. The first-order valence-electron chi connectivity index (χ1n) is 8.42. The fourth-order valence-electron chi connectivity index (χ4n) is 2.42. The summed E-state index contributed by atoms with van der Waals surface area (Å²) in [5.74, 6) is -0.927. The largest absolute Gasteiger partial charge is 0.497 e. The van der Waals surface area contributed by atoms with Gasteiger partial charge in [0.1, 0.15) is 18.1 Å². The van der Waals surface area contributed by atoms with Crippen LogP contribution in [-0.4, -0.2) is 18.2 Å². The summed E-state index contributed by atoms with van der Waals surface area (Å²) in [5, 5.41) is 6.15. The van der Waals surface area contributed by atoms with Gasteiger partial charge in [-0.25, -0.2) is 8.78 Å². The summed E-state index contributed by atoms with van der Waals surface area (Å²) in [6.45, 7) is 1.35. The number of carbonyl (C=O) groups excluding carboxylic acids is 1. The van der Waals surface area contributed by atoms with E-state index in [4.69, 9.17) is 14.0 Å². The zero-order valence-corrected chi connectivity index (χ0v) is 15.3. The second kappa shape index (κ2) is 8.51. The number of amides is 1. The van der Waals surface area contributed by atoms with Gasteiger partial charge in [0.15, 0.2) is 23.1 Å². The highest BCUT2D eigenvalue weighted by Gasteiger charge is 2.15. The van der Waals surface area contributed by atoms with Crippen molar-refractivity contribution in [2.45, 2.75) is 20.1 Å². The molecule has 1 N–H and O–H groups in total. The highest BCUT2D eigenvalue weighted by atomic mass is 19.2. The van der Waals surface area contributed by atoms with Crippen molar-refractivity contribution >= 4 is 5.91 Å². The van der Waals surface area contributed by atoms with Gasteiger partial charge in [0.2, 0.25) is 0 Å². The summed E-state index contributed by atoms with van der Waals surface area (Å²) in [7, 11) is 1.55. The van der Waals surface area contributed by atoms with Crippen LogP contribution in [0.4, 0.5) is 8.78 Å². The quantitative estimate of drug-likeness (QED) is 0.667. The zero-order valence-electron chi connectivity index (χ0n) is 15.3. The second-order valence-corrected chi connectivity index (χ2v) is 6.00. The van der Waals surface area contributed by atoms with Crippen LogP contribution in [0, 0.1) is 18.6 Å². The topological polar surface area (TPSA) is 73.6 Å². The van der Waals surface area contributed by atoms with E-state index < -0.39 is 17.5 Å². The smallest absolute Gasteiger partial charge is 0.273 e. The Morgan fingerprint density at radius 3 is 2.71 bits per heavy atom. The van der Waals surface area contributed by atoms with E-state index in [1.54, 1.807) is 31.4 Å². The van der Waals surface area contributed by atoms with Crippen molar-refractivity contribution in [3.63, 3.8) is 0 Å². The number of rotatable bonds is 7. The fraction of sp³-hybridized carbons (Fsp3) is 0.200. The number of aromatic nitrogens is 1. The molecule has 0 saturated heterocycles. The molecule has 1 aromatic heterocycles. The molecule has 28 heavy (non-hydrogen) atoms. The van der Waals surface area contributed by atoms with Crippen molar-refractivity contribution in [2.75, 3.05) is 7.11 Å². The summed E-state index contributed by atoms with van der Waals surface area (Å²) in [6, 6.07) is 11.3. The van der Waals surface area contributed by atoms with E-state index in [1.165, 1.54) is 25.1 Å². The Bertz CT molecular complexity index is 988. The van der Waals surface area contributed by atoms with Gasteiger partial charge in [-0.1, -0.05) is 23.4 Å². The maximum Gasteiger partial charge on any atom is 0.273 e. The lowest BCUT2D eigenvalue weighted by Crippen LogP contribution is -2.23. The third-order valence-electron chi connectivity index (χ3n) is 4.01. The van der Waals surface area contributed by atoms with Gasteiger partial charge in [-0.3, -0.25) is 4.79 Å². The van der Waals surface area contributed by atoms with Gasteiger partial charge in [0.05, 0.1) is 7.11 Å². The van der Waals surface area contributed by atoms with Gasteiger partial charge in [-0.2, -0.15) is 0 Å². The Balaban J connectivity index is 1.57. The monoisotopic (exact) mass is 388 g/mol. The van der Waals surface area contributed by atoms with E-state index in [0.29, 0.717) is 17.3 Å². The first kappa shape index (κ1) is 19.3. The lowest BCUT2D eigenvalue weighted by molar-refractivity contribution is 0.0941. The Hall–Kier alpha value is -3.42. The summed E-state index contributed by atoms with van der Waals surface area (Å²) in [6.07, 6.45) is 0. The molecule has 1 heterocycles. The van der Waals surface area contributed by atoms with Crippen LogP contribution in [0.25, 0.3) is 0 Å². The Morgan fingerprint density at radius 1 is 1.14 bits per heavy atom. The van der Waals surface area contributed by atoms with Crippen LogP contribution >= 0.6 is 0 Å². The lowest BCUT2D eigenvalue weighted by Gasteiger charge is -2.06. The van der Waals surface area contributed by atoms with Crippen molar-refractivity contribution in [3.8, 4) is 11.5 Å². The molecule has 0 saturated carbocycles. The zero-order chi connectivity index (χ0) is 20.1. The molecule has 3 aromatic rings. The lowest BCUT2D eigenvalue weighted by atomic mass is 10.1. The normalized spacial score (nSPS) is 10.6. The minimum absolute atomic E-state index is 0.0113. The van der Waals surface area contributed by atoms with Gasteiger partial charge in [0.25, 0.3) is 5.91 Å². The minimum Gasteiger partial charge on any atom is -0.497 e. The van der Waals surface area contributed by atoms with Gasteiger partial charge >= 0.3 is 0 Å². The van der Waals surface area contributed by atoms with Gasteiger partial charge in [0, 0.05) is 24.2 Å². The molecule has 2 aromatic carbocycles. The van der Waals surface area contributed by atoms with Crippen LogP contribution in [0.3, 0.4) is 0 Å². The second-order valence-electron chi connectivity index (χ2n) is 6.00. The molecule has 0 bridgehead atoms. The number of benzene rings is 2. The summed E-state index contributed by atoms with van der Waals surface area (Å²) >= 11 is 0. The van der Waals surface area contributed by atoms with E-state index in [0.717, 1.165) is 0 Å². The Labute approximate surface area is 160 Å². The van der Waals surface area contributed by atoms with Gasteiger partial charge in [-0.05, 0) is 24.6 Å². The molecule has 0 spiro atoms. The predicted octanol–water partition coefficient (Wildman–Crippen LogP) is 3.78. The number of halogens is 2. The first-order chi connectivity index (χ1) is 13.5. The third kappa shape index (κ3) is 4.46. The van der Waals surface area contributed by atoms with Gasteiger partial charge in [-0.15, -0.1) is 0 Å². The van der Waals surface area contributed by atoms with Crippen LogP contribution in [0.5, 0.6) is 11.5 Å². The van der Waals surface area contributed by atoms with E-state index in [-0.39, 0.29) is 30.0 Å². The van der Waals surface area contributed by atoms with Crippen molar-refractivity contribution in [3.05, 3.63) is 76.7 Å². The Kier molecular flexibility index (Phi) is 5.88. The van der Waals surface area contributed by atoms with Gasteiger partial charge < -0.3 is 19.3 Å². The van der Waals surface area contributed by atoms with Crippen LogP contribution < -0.4 is 14.8 Å². The van der Waals surface area contributed by atoms with Crippen LogP contribution in [0.2, 0.25) is 0 Å². The molecule has 146 valence electrons.